The van der Waals surface area contributed by atoms with E-state index in [1.54, 1.807) is 0 Å². The third-order valence-corrected chi connectivity index (χ3v) is 7.49. The lowest BCUT2D eigenvalue weighted by Gasteiger charge is -2.26. The highest BCUT2D eigenvalue weighted by atomic mass is 16.3. The Bertz CT molecular complexity index is 2130. The van der Waals surface area contributed by atoms with Crippen LogP contribution in [0.3, 0.4) is 0 Å². The van der Waals surface area contributed by atoms with E-state index in [1.807, 2.05) is 54.6 Å². The monoisotopic (exact) mass is 528 g/mol. The maximum atomic E-state index is 6.45. The first-order chi connectivity index (χ1) is 20.3. The Labute approximate surface area is 236 Å². The number of rotatable bonds is 5. The molecule has 41 heavy (non-hydrogen) atoms. The van der Waals surface area contributed by atoms with Crippen LogP contribution < -0.4 is 4.90 Å². The molecule has 4 nitrogen and oxygen atoms in total. The van der Waals surface area contributed by atoms with Crippen LogP contribution in [0.5, 0.6) is 0 Å². The smallest absolute Gasteiger partial charge is 0.228 e. The molecule has 0 spiro atoms. The summed E-state index contributed by atoms with van der Waals surface area (Å²) < 4.78 is 12.6. The third kappa shape index (κ3) is 4.05. The number of hydrogen-bond donors (Lipinski definition) is 0. The van der Waals surface area contributed by atoms with Crippen LogP contribution in [0, 0.1) is 0 Å². The SMILES string of the molecule is c1ccc(-c2cccc(N(c3ccccc3)c3ccc4c(c3)oc3cccc(-c5nc6ccccc6o5)c34)c2)cc1. The summed E-state index contributed by atoms with van der Waals surface area (Å²) in [5.74, 6) is 0.590. The number of para-hydroxylation sites is 3. The summed E-state index contributed by atoms with van der Waals surface area (Å²) in [5, 5.41) is 2.02. The van der Waals surface area contributed by atoms with E-state index >= 15 is 0 Å². The van der Waals surface area contributed by atoms with Crippen molar-refractivity contribution in [3.05, 3.63) is 146 Å². The molecule has 8 rings (SSSR count). The molecule has 0 aliphatic rings. The summed E-state index contributed by atoms with van der Waals surface area (Å²) in [5.41, 5.74) is 9.63. The minimum absolute atomic E-state index is 0.590. The number of furan rings is 1. The lowest BCUT2D eigenvalue weighted by Crippen LogP contribution is -2.09. The molecule has 6 aromatic carbocycles. The zero-order valence-electron chi connectivity index (χ0n) is 22.1. The van der Waals surface area contributed by atoms with Crippen LogP contribution in [0.2, 0.25) is 0 Å². The van der Waals surface area contributed by atoms with Gasteiger partial charge in [-0.15, -0.1) is 0 Å². The molecule has 0 unspecified atom stereocenters. The van der Waals surface area contributed by atoms with Gasteiger partial charge >= 0.3 is 0 Å². The van der Waals surface area contributed by atoms with E-state index in [0.29, 0.717) is 5.89 Å². The van der Waals surface area contributed by atoms with Crippen molar-refractivity contribution in [2.75, 3.05) is 4.90 Å². The highest BCUT2D eigenvalue weighted by molar-refractivity contribution is 6.12. The van der Waals surface area contributed by atoms with E-state index < -0.39 is 0 Å². The molecule has 0 fully saturated rings. The maximum absolute atomic E-state index is 6.45. The number of nitrogens with zero attached hydrogens (tertiary/aromatic N) is 2. The molecule has 0 atom stereocenters. The van der Waals surface area contributed by atoms with Crippen molar-refractivity contribution < 1.29 is 8.83 Å². The van der Waals surface area contributed by atoms with Gasteiger partial charge in [-0.3, -0.25) is 0 Å². The van der Waals surface area contributed by atoms with E-state index in [4.69, 9.17) is 13.8 Å². The number of fused-ring (bicyclic) bond motifs is 4. The molecule has 194 valence electrons. The number of benzene rings is 6. The standard InChI is InChI=1S/C37H24N2O2/c1-3-11-25(12-4-1)26-13-9-16-28(23-26)39(27-14-5-2-6-15-27)29-21-22-30-35(24-29)40-34-20-10-17-31(36(30)34)37-38-32-18-7-8-19-33(32)41-37/h1-24H. The molecule has 0 saturated heterocycles. The first-order valence-corrected chi connectivity index (χ1v) is 13.6. The fraction of sp³-hybridized carbons (Fsp3) is 0. The molecule has 0 radical (unpaired) electrons. The van der Waals surface area contributed by atoms with Gasteiger partial charge in [0.1, 0.15) is 16.7 Å². The maximum Gasteiger partial charge on any atom is 0.228 e. The van der Waals surface area contributed by atoms with Crippen LogP contribution in [0.4, 0.5) is 17.1 Å². The topological polar surface area (TPSA) is 42.4 Å². The molecule has 0 bridgehead atoms. The zero-order valence-corrected chi connectivity index (χ0v) is 22.1. The van der Waals surface area contributed by atoms with Gasteiger partial charge in [-0.05, 0) is 71.8 Å². The molecule has 0 saturated carbocycles. The van der Waals surface area contributed by atoms with E-state index in [0.717, 1.165) is 61.2 Å². The van der Waals surface area contributed by atoms with Gasteiger partial charge in [0.2, 0.25) is 5.89 Å². The summed E-state index contributed by atoms with van der Waals surface area (Å²) in [7, 11) is 0. The lowest BCUT2D eigenvalue weighted by atomic mass is 10.0. The average Bonchev–Trinajstić information content (AvgIpc) is 3.64. The first-order valence-electron chi connectivity index (χ1n) is 13.6. The van der Waals surface area contributed by atoms with E-state index in [-0.39, 0.29) is 0 Å². The van der Waals surface area contributed by atoms with Crippen molar-refractivity contribution in [1.29, 1.82) is 0 Å². The van der Waals surface area contributed by atoms with Gasteiger partial charge in [0.05, 0.1) is 0 Å². The van der Waals surface area contributed by atoms with Gasteiger partial charge in [-0.25, -0.2) is 4.98 Å². The van der Waals surface area contributed by atoms with Gasteiger partial charge in [-0.2, -0.15) is 0 Å². The Balaban J connectivity index is 1.29. The average molecular weight is 529 g/mol. The second-order valence-corrected chi connectivity index (χ2v) is 10.0. The molecule has 2 heterocycles. The van der Waals surface area contributed by atoms with Gasteiger partial charge in [0.15, 0.2) is 5.58 Å². The van der Waals surface area contributed by atoms with E-state index in [9.17, 15) is 0 Å². The Morgan fingerprint density at radius 3 is 2.00 bits per heavy atom. The Morgan fingerprint density at radius 2 is 1.15 bits per heavy atom. The van der Waals surface area contributed by atoms with Crippen molar-refractivity contribution in [2.45, 2.75) is 0 Å². The summed E-state index contributed by atoms with van der Waals surface area (Å²) in [6.07, 6.45) is 0. The highest BCUT2D eigenvalue weighted by Crippen LogP contribution is 2.42. The van der Waals surface area contributed by atoms with Gasteiger partial charge in [0, 0.05) is 39.5 Å². The van der Waals surface area contributed by atoms with Crippen LogP contribution in [0.1, 0.15) is 0 Å². The fourth-order valence-corrected chi connectivity index (χ4v) is 5.60. The van der Waals surface area contributed by atoms with E-state index in [1.165, 1.54) is 5.56 Å². The van der Waals surface area contributed by atoms with Gasteiger partial charge in [-0.1, -0.05) is 78.9 Å². The van der Waals surface area contributed by atoms with Crippen molar-refractivity contribution in [3.8, 4) is 22.6 Å². The molecule has 8 aromatic rings. The van der Waals surface area contributed by atoms with Gasteiger partial charge < -0.3 is 13.7 Å². The molecule has 0 aliphatic carbocycles. The minimum atomic E-state index is 0.590. The number of oxazole rings is 1. The predicted molar refractivity (Wildman–Crippen MR) is 167 cm³/mol. The number of hydrogen-bond acceptors (Lipinski definition) is 4. The number of anilines is 3. The molecule has 0 aliphatic heterocycles. The highest BCUT2D eigenvalue weighted by Gasteiger charge is 2.19. The van der Waals surface area contributed by atoms with Gasteiger partial charge in [0.25, 0.3) is 0 Å². The molecule has 0 amide bonds. The molecule has 2 aromatic heterocycles. The zero-order chi connectivity index (χ0) is 27.2. The lowest BCUT2D eigenvalue weighted by molar-refractivity contribution is 0.620. The molecular formula is C37H24N2O2. The molecule has 0 N–H and O–H groups in total. The van der Waals surface area contributed by atoms with Crippen LogP contribution in [-0.2, 0) is 0 Å². The predicted octanol–water partition coefficient (Wildman–Crippen LogP) is 10.5. The normalized spacial score (nSPS) is 11.4. The third-order valence-electron chi connectivity index (χ3n) is 7.49. The quantitative estimate of drug-likeness (QED) is 0.223. The second-order valence-electron chi connectivity index (χ2n) is 10.0. The summed E-state index contributed by atoms with van der Waals surface area (Å²) in [4.78, 5) is 7.03. The number of aromatic nitrogens is 1. The van der Waals surface area contributed by atoms with Crippen LogP contribution in [-0.4, -0.2) is 4.98 Å². The second kappa shape index (κ2) is 9.54. The van der Waals surface area contributed by atoms with Crippen molar-refractivity contribution in [1.82, 2.24) is 4.98 Å². The summed E-state index contributed by atoms with van der Waals surface area (Å²) in [6, 6.07) is 49.8. The minimum Gasteiger partial charge on any atom is -0.456 e. The van der Waals surface area contributed by atoms with E-state index in [2.05, 4.69) is 95.9 Å². The largest absolute Gasteiger partial charge is 0.456 e. The first kappa shape index (κ1) is 23.3. The fourth-order valence-electron chi connectivity index (χ4n) is 5.60. The van der Waals surface area contributed by atoms with Crippen molar-refractivity contribution in [2.24, 2.45) is 0 Å². The van der Waals surface area contributed by atoms with Crippen molar-refractivity contribution >= 4 is 50.1 Å². The summed E-state index contributed by atoms with van der Waals surface area (Å²) >= 11 is 0. The Kier molecular flexibility index (Phi) is 5.42. The summed E-state index contributed by atoms with van der Waals surface area (Å²) in [6.45, 7) is 0. The van der Waals surface area contributed by atoms with Crippen LogP contribution in [0.25, 0.3) is 55.6 Å². The van der Waals surface area contributed by atoms with Crippen molar-refractivity contribution in [3.63, 3.8) is 0 Å². The molecule has 4 heteroatoms. The van der Waals surface area contributed by atoms with Crippen LogP contribution >= 0.6 is 0 Å². The Morgan fingerprint density at radius 1 is 0.463 bits per heavy atom. The molecular weight excluding hydrogens is 504 g/mol. The van der Waals surface area contributed by atoms with Crippen LogP contribution in [0.15, 0.2) is 154 Å². The Hall–Kier alpha value is -5.61.